The second-order valence-electron chi connectivity index (χ2n) is 4.72. The van der Waals surface area contributed by atoms with Crippen LogP contribution in [0.4, 0.5) is 4.39 Å². The molecule has 0 aliphatic rings. The van der Waals surface area contributed by atoms with E-state index in [1.165, 1.54) is 19.3 Å². The minimum atomic E-state index is -0.0835. The van der Waals surface area contributed by atoms with Gasteiger partial charge in [0.2, 0.25) is 0 Å². The van der Waals surface area contributed by atoms with E-state index in [2.05, 4.69) is 12.2 Å². The molecule has 0 aliphatic heterocycles. The zero-order valence-corrected chi connectivity index (χ0v) is 11.2. The van der Waals surface area contributed by atoms with Gasteiger partial charge in [-0.1, -0.05) is 44.7 Å². The van der Waals surface area contributed by atoms with Crippen LogP contribution < -0.4 is 5.32 Å². The third-order valence-corrected chi connectivity index (χ3v) is 3.23. The van der Waals surface area contributed by atoms with Crippen LogP contribution in [0.15, 0.2) is 18.2 Å². The molecule has 1 nitrogen and oxygen atoms in total. The molecule has 0 saturated heterocycles. The third-order valence-electron chi connectivity index (χ3n) is 3.23. The van der Waals surface area contributed by atoms with Crippen molar-refractivity contribution in [2.45, 2.75) is 52.0 Å². The van der Waals surface area contributed by atoms with Gasteiger partial charge >= 0.3 is 0 Å². The molecule has 1 aromatic carbocycles. The van der Waals surface area contributed by atoms with Gasteiger partial charge in [-0.15, -0.1) is 0 Å². The lowest BCUT2D eigenvalue weighted by Crippen LogP contribution is -2.17. The van der Waals surface area contributed by atoms with Crippen molar-refractivity contribution in [3.63, 3.8) is 0 Å². The van der Waals surface area contributed by atoms with Crippen molar-refractivity contribution in [3.8, 4) is 0 Å². The van der Waals surface area contributed by atoms with Crippen molar-refractivity contribution in [3.05, 3.63) is 35.1 Å². The van der Waals surface area contributed by atoms with E-state index in [0.717, 1.165) is 24.0 Å². The highest BCUT2D eigenvalue weighted by molar-refractivity contribution is 5.26. The number of unbranched alkanes of at least 4 members (excludes halogenated alkanes) is 3. The minimum Gasteiger partial charge on any atom is -0.313 e. The fourth-order valence-electron chi connectivity index (χ4n) is 2.15. The molecule has 1 rings (SSSR count). The maximum Gasteiger partial charge on any atom is 0.128 e. The molecular weight excluding hydrogens is 213 g/mol. The average Bonchev–Trinajstić information content (AvgIpc) is 2.31. The standard InChI is InChI=1S/C15H24FN/c1-4-5-6-7-8-15(17-3)13-10-9-12(2)11-14(13)16/h9-11,15,17H,4-8H2,1-3H3. The van der Waals surface area contributed by atoms with Crippen molar-refractivity contribution >= 4 is 0 Å². The number of aryl methyl sites for hydroxylation is 1. The molecule has 0 fully saturated rings. The summed E-state index contributed by atoms with van der Waals surface area (Å²) in [5, 5.41) is 3.22. The number of halogens is 1. The van der Waals surface area contributed by atoms with Crippen LogP contribution in [0.1, 0.15) is 56.2 Å². The fraction of sp³-hybridized carbons (Fsp3) is 0.600. The number of nitrogens with one attached hydrogen (secondary N) is 1. The van der Waals surface area contributed by atoms with Crippen molar-refractivity contribution in [1.29, 1.82) is 0 Å². The summed E-state index contributed by atoms with van der Waals surface area (Å²) in [7, 11) is 1.91. The van der Waals surface area contributed by atoms with Crippen LogP contribution >= 0.6 is 0 Å². The first-order valence-corrected chi connectivity index (χ1v) is 6.62. The van der Waals surface area contributed by atoms with Gasteiger partial charge in [0.05, 0.1) is 0 Å². The summed E-state index contributed by atoms with van der Waals surface area (Å²) in [6, 6.07) is 5.65. The molecule has 0 radical (unpaired) electrons. The van der Waals surface area contributed by atoms with Crippen LogP contribution in [0, 0.1) is 12.7 Å². The van der Waals surface area contributed by atoms with Gasteiger partial charge in [0, 0.05) is 11.6 Å². The molecule has 1 unspecified atom stereocenters. The predicted octanol–water partition coefficient (Wildman–Crippen LogP) is 4.37. The van der Waals surface area contributed by atoms with E-state index < -0.39 is 0 Å². The first-order valence-electron chi connectivity index (χ1n) is 6.62. The molecule has 17 heavy (non-hydrogen) atoms. The summed E-state index contributed by atoms with van der Waals surface area (Å²) in [6.45, 7) is 4.12. The minimum absolute atomic E-state index is 0.0835. The Morgan fingerprint density at radius 2 is 2.00 bits per heavy atom. The van der Waals surface area contributed by atoms with Gasteiger partial charge in [-0.05, 0) is 32.0 Å². The lowest BCUT2D eigenvalue weighted by atomic mass is 9.98. The van der Waals surface area contributed by atoms with Crippen LogP contribution in [0.2, 0.25) is 0 Å². The highest BCUT2D eigenvalue weighted by Gasteiger charge is 2.13. The summed E-state index contributed by atoms with van der Waals surface area (Å²) in [6.07, 6.45) is 5.92. The Kier molecular flexibility index (Phi) is 6.20. The molecule has 0 bridgehead atoms. The Morgan fingerprint density at radius 3 is 2.59 bits per heavy atom. The zero-order chi connectivity index (χ0) is 12.7. The van der Waals surface area contributed by atoms with Crippen LogP contribution in [0.25, 0.3) is 0 Å². The molecule has 0 spiro atoms. The molecule has 1 N–H and O–H groups in total. The second kappa shape index (κ2) is 7.44. The Hall–Kier alpha value is -0.890. The van der Waals surface area contributed by atoms with E-state index in [1.54, 1.807) is 6.07 Å². The molecule has 1 aromatic rings. The molecule has 0 aromatic heterocycles. The highest BCUT2D eigenvalue weighted by atomic mass is 19.1. The van der Waals surface area contributed by atoms with E-state index in [4.69, 9.17) is 0 Å². The summed E-state index contributed by atoms with van der Waals surface area (Å²) in [5.41, 5.74) is 1.78. The van der Waals surface area contributed by atoms with Crippen molar-refractivity contribution in [1.82, 2.24) is 5.32 Å². The van der Waals surface area contributed by atoms with Gasteiger partial charge in [0.15, 0.2) is 0 Å². The van der Waals surface area contributed by atoms with E-state index in [1.807, 2.05) is 26.1 Å². The van der Waals surface area contributed by atoms with Gasteiger partial charge in [0.25, 0.3) is 0 Å². The zero-order valence-electron chi connectivity index (χ0n) is 11.2. The summed E-state index contributed by atoms with van der Waals surface area (Å²) in [4.78, 5) is 0. The van der Waals surface area contributed by atoms with Gasteiger partial charge in [-0.2, -0.15) is 0 Å². The van der Waals surface area contributed by atoms with Gasteiger partial charge in [-0.25, -0.2) is 4.39 Å². The number of hydrogen-bond acceptors (Lipinski definition) is 1. The van der Waals surface area contributed by atoms with E-state index in [9.17, 15) is 4.39 Å². The van der Waals surface area contributed by atoms with Crippen LogP contribution in [0.5, 0.6) is 0 Å². The summed E-state index contributed by atoms with van der Waals surface area (Å²) < 4.78 is 13.8. The maximum absolute atomic E-state index is 13.8. The maximum atomic E-state index is 13.8. The molecule has 1 atom stereocenters. The summed E-state index contributed by atoms with van der Waals surface area (Å²) in [5.74, 6) is -0.0835. The topological polar surface area (TPSA) is 12.0 Å². The molecule has 0 aliphatic carbocycles. The molecule has 0 amide bonds. The van der Waals surface area contributed by atoms with E-state index in [0.29, 0.717) is 0 Å². The van der Waals surface area contributed by atoms with Crippen molar-refractivity contribution in [2.75, 3.05) is 7.05 Å². The van der Waals surface area contributed by atoms with Crippen molar-refractivity contribution in [2.24, 2.45) is 0 Å². The number of hydrogen-bond donors (Lipinski definition) is 1. The Bertz CT molecular complexity index is 336. The molecule has 0 saturated carbocycles. The first-order chi connectivity index (χ1) is 8.19. The average molecular weight is 237 g/mol. The Morgan fingerprint density at radius 1 is 1.24 bits per heavy atom. The van der Waals surface area contributed by atoms with Gasteiger partial charge < -0.3 is 5.32 Å². The fourth-order valence-corrected chi connectivity index (χ4v) is 2.15. The Labute approximate surface area is 104 Å². The Balaban J connectivity index is 2.59. The van der Waals surface area contributed by atoms with E-state index >= 15 is 0 Å². The lowest BCUT2D eigenvalue weighted by Gasteiger charge is -2.17. The molecule has 2 heteroatoms. The van der Waals surface area contributed by atoms with Gasteiger partial charge in [-0.3, -0.25) is 0 Å². The molecule has 0 heterocycles. The molecule has 96 valence electrons. The highest BCUT2D eigenvalue weighted by Crippen LogP contribution is 2.23. The summed E-state index contributed by atoms with van der Waals surface area (Å²) >= 11 is 0. The first kappa shape index (κ1) is 14.2. The van der Waals surface area contributed by atoms with Crippen LogP contribution in [-0.4, -0.2) is 7.05 Å². The van der Waals surface area contributed by atoms with Crippen molar-refractivity contribution < 1.29 is 4.39 Å². The number of rotatable bonds is 7. The van der Waals surface area contributed by atoms with Gasteiger partial charge in [0.1, 0.15) is 5.82 Å². The van der Waals surface area contributed by atoms with Crippen LogP contribution in [-0.2, 0) is 0 Å². The quantitative estimate of drug-likeness (QED) is 0.695. The largest absolute Gasteiger partial charge is 0.313 e. The van der Waals surface area contributed by atoms with E-state index in [-0.39, 0.29) is 11.9 Å². The smallest absolute Gasteiger partial charge is 0.128 e. The number of benzene rings is 1. The monoisotopic (exact) mass is 237 g/mol. The normalized spacial score (nSPS) is 12.7. The lowest BCUT2D eigenvalue weighted by molar-refractivity contribution is 0.480. The molecular formula is C15H24FN. The third kappa shape index (κ3) is 4.47. The predicted molar refractivity (Wildman–Crippen MR) is 71.7 cm³/mol. The SMILES string of the molecule is CCCCCCC(NC)c1ccc(C)cc1F. The van der Waals surface area contributed by atoms with Crippen LogP contribution in [0.3, 0.4) is 0 Å². The second-order valence-corrected chi connectivity index (χ2v) is 4.72.